The van der Waals surface area contributed by atoms with Crippen LogP contribution in [0.15, 0.2) is 35.1 Å². The summed E-state index contributed by atoms with van der Waals surface area (Å²) in [5.41, 5.74) is -0.874. The molecule has 0 bridgehead atoms. The Morgan fingerprint density at radius 1 is 1.26 bits per heavy atom. The summed E-state index contributed by atoms with van der Waals surface area (Å²) in [4.78, 5) is 26.2. The number of pyridine rings is 1. The fourth-order valence-corrected chi connectivity index (χ4v) is 3.17. The van der Waals surface area contributed by atoms with Gasteiger partial charge in [-0.15, -0.1) is 0 Å². The smallest absolute Gasteiger partial charge is 0.431 e. The second-order valence-corrected chi connectivity index (χ2v) is 6.55. The number of carbonyl (C=O) groups excluding carboxylic acids is 1. The summed E-state index contributed by atoms with van der Waals surface area (Å²) in [6, 6.07) is 6.71. The van der Waals surface area contributed by atoms with Gasteiger partial charge in [-0.1, -0.05) is 31.0 Å². The van der Waals surface area contributed by atoms with Crippen LogP contribution in [0, 0.1) is 6.92 Å². The molecule has 0 saturated carbocycles. The van der Waals surface area contributed by atoms with Crippen LogP contribution >= 0.6 is 0 Å². The number of rotatable bonds is 4. The topological polar surface area (TPSA) is 71.2 Å². The first-order valence-corrected chi connectivity index (χ1v) is 8.59. The van der Waals surface area contributed by atoms with E-state index in [1.807, 2.05) is 32.0 Å². The Bertz CT molecular complexity index is 921. The predicted octanol–water partition coefficient (Wildman–Crippen LogP) is 3.73. The molecule has 1 amide bonds. The Hall–Kier alpha value is -2.77. The van der Waals surface area contributed by atoms with E-state index in [0.29, 0.717) is 18.2 Å². The Kier molecular flexibility index (Phi) is 4.99. The van der Waals surface area contributed by atoms with E-state index in [9.17, 15) is 22.8 Å². The van der Waals surface area contributed by atoms with E-state index in [4.69, 9.17) is 4.74 Å². The highest BCUT2D eigenvalue weighted by atomic mass is 19.4. The van der Waals surface area contributed by atoms with Gasteiger partial charge in [-0.25, -0.2) is 0 Å². The lowest BCUT2D eigenvalue weighted by atomic mass is 9.98. The average molecular weight is 380 g/mol. The molecule has 0 aliphatic carbocycles. The van der Waals surface area contributed by atoms with Crippen LogP contribution in [0.1, 0.15) is 53.0 Å². The number of aromatic nitrogens is 1. The lowest BCUT2D eigenvalue weighted by Crippen LogP contribution is -2.38. The monoisotopic (exact) mass is 380 g/mol. The van der Waals surface area contributed by atoms with Crippen LogP contribution in [0.4, 0.5) is 13.2 Å². The normalized spacial score (nSPS) is 18.7. The van der Waals surface area contributed by atoms with Crippen molar-refractivity contribution in [1.82, 2.24) is 10.3 Å². The number of nitrogens with one attached hydrogen (secondary N) is 2. The summed E-state index contributed by atoms with van der Waals surface area (Å²) in [7, 11) is 0. The highest BCUT2D eigenvalue weighted by Gasteiger charge is 2.36. The van der Waals surface area contributed by atoms with Gasteiger partial charge in [0.15, 0.2) is 0 Å². The third-order valence-corrected chi connectivity index (χ3v) is 4.47. The molecule has 27 heavy (non-hydrogen) atoms. The average Bonchev–Trinajstić information content (AvgIpc) is 2.91. The van der Waals surface area contributed by atoms with E-state index in [0.717, 1.165) is 23.6 Å². The quantitative estimate of drug-likeness (QED) is 0.849. The third-order valence-electron chi connectivity index (χ3n) is 4.47. The minimum atomic E-state index is -4.68. The summed E-state index contributed by atoms with van der Waals surface area (Å²) >= 11 is 0. The van der Waals surface area contributed by atoms with Crippen LogP contribution in [0.2, 0.25) is 0 Å². The summed E-state index contributed by atoms with van der Waals surface area (Å²) in [6.07, 6.45) is -3.48. The van der Waals surface area contributed by atoms with Crippen molar-refractivity contribution in [3.8, 4) is 5.75 Å². The molecule has 3 rings (SSSR count). The van der Waals surface area contributed by atoms with Gasteiger partial charge in [0.1, 0.15) is 23.1 Å². The summed E-state index contributed by atoms with van der Waals surface area (Å²) in [5, 5.41) is 2.75. The lowest BCUT2D eigenvalue weighted by Gasteiger charge is -2.20. The molecule has 0 spiro atoms. The lowest BCUT2D eigenvalue weighted by molar-refractivity contribution is -0.141. The molecular formula is C19H19F3N2O3. The maximum absolute atomic E-state index is 12.7. The van der Waals surface area contributed by atoms with Gasteiger partial charge in [-0.3, -0.25) is 9.59 Å². The number of hydrogen-bond donors (Lipinski definition) is 2. The van der Waals surface area contributed by atoms with Crippen molar-refractivity contribution in [2.75, 3.05) is 0 Å². The standard InChI is InChI=1S/C19H19F3N2O3/c1-3-4-14-16(12-9-10(2)5-7-13(12)27-14)24-18(26)11-6-8-15(19(20,21)22)23-17(11)25/h5-9,14,16H,3-4H2,1-2H3,(H,23,25)(H,24,26)/t14-,16+/m1/s1. The molecule has 5 nitrogen and oxygen atoms in total. The molecule has 0 saturated heterocycles. The number of H-pyrrole nitrogens is 1. The molecule has 144 valence electrons. The first kappa shape index (κ1) is 19.0. The predicted molar refractivity (Wildman–Crippen MR) is 92.8 cm³/mol. The third kappa shape index (κ3) is 3.84. The summed E-state index contributed by atoms with van der Waals surface area (Å²) in [6.45, 7) is 3.89. The number of fused-ring (bicyclic) bond motifs is 1. The molecule has 1 aliphatic rings. The van der Waals surface area contributed by atoms with Gasteiger partial charge in [0.2, 0.25) is 0 Å². The van der Waals surface area contributed by atoms with Crippen molar-refractivity contribution in [3.05, 3.63) is 63.1 Å². The number of benzene rings is 1. The number of carbonyl (C=O) groups is 1. The van der Waals surface area contributed by atoms with Gasteiger partial charge in [0.25, 0.3) is 11.5 Å². The van der Waals surface area contributed by atoms with Gasteiger partial charge < -0.3 is 15.0 Å². The molecule has 8 heteroatoms. The first-order chi connectivity index (χ1) is 12.7. The second-order valence-electron chi connectivity index (χ2n) is 6.55. The van der Waals surface area contributed by atoms with Gasteiger partial charge in [-0.05, 0) is 31.5 Å². The molecule has 0 unspecified atom stereocenters. The summed E-state index contributed by atoms with van der Waals surface area (Å²) in [5.74, 6) is -0.0836. The second kappa shape index (κ2) is 7.09. The Morgan fingerprint density at radius 2 is 2.00 bits per heavy atom. The molecule has 1 aromatic carbocycles. The van der Waals surface area contributed by atoms with E-state index in [-0.39, 0.29) is 11.7 Å². The van der Waals surface area contributed by atoms with E-state index >= 15 is 0 Å². The minimum Gasteiger partial charge on any atom is -0.488 e. The van der Waals surface area contributed by atoms with Crippen molar-refractivity contribution in [2.45, 2.75) is 45.0 Å². The first-order valence-electron chi connectivity index (χ1n) is 8.59. The molecule has 0 fully saturated rings. The molecule has 2 atom stereocenters. The number of ether oxygens (including phenoxy) is 1. The molecule has 0 radical (unpaired) electrons. The van der Waals surface area contributed by atoms with Crippen LogP contribution in [0.3, 0.4) is 0 Å². The zero-order valence-electron chi connectivity index (χ0n) is 14.8. The van der Waals surface area contributed by atoms with Crippen molar-refractivity contribution >= 4 is 5.91 Å². The van der Waals surface area contributed by atoms with E-state index in [2.05, 4.69) is 5.32 Å². The molecule has 1 aromatic heterocycles. The SMILES string of the molecule is CCC[C@H]1Oc2ccc(C)cc2[C@@H]1NC(=O)c1ccc(C(F)(F)F)[nH]c1=O. The van der Waals surface area contributed by atoms with E-state index in [1.54, 1.807) is 4.98 Å². The largest absolute Gasteiger partial charge is 0.488 e. The highest BCUT2D eigenvalue weighted by molar-refractivity contribution is 5.94. The van der Waals surface area contributed by atoms with Crippen molar-refractivity contribution in [3.63, 3.8) is 0 Å². The highest BCUT2D eigenvalue weighted by Crippen LogP contribution is 2.39. The molecular weight excluding hydrogens is 361 g/mol. The number of aryl methyl sites for hydroxylation is 1. The molecule has 2 N–H and O–H groups in total. The van der Waals surface area contributed by atoms with Crippen molar-refractivity contribution in [2.24, 2.45) is 0 Å². The maximum atomic E-state index is 12.7. The molecule has 2 aromatic rings. The van der Waals surface area contributed by atoms with Gasteiger partial charge in [-0.2, -0.15) is 13.2 Å². The number of hydrogen-bond acceptors (Lipinski definition) is 3. The van der Waals surface area contributed by atoms with Gasteiger partial charge in [0.05, 0.1) is 6.04 Å². The Morgan fingerprint density at radius 3 is 2.63 bits per heavy atom. The van der Waals surface area contributed by atoms with Crippen LogP contribution in [0.25, 0.3) is 0 Å². The zero-order chi connectivity index (χ0) is 19.8. The number of aromatic amines is 1. The van der Waals surface area contributed by atoms with Gasteiger partial charge >= 0.3 is 6.18 Å². The van der Waals surface area contributed by atoms with E-state index in [1.165, 1.54) is 0 Å². The number of halogens is 3. The van der Waals surface area contributed by atoms with E-state index < -0.39 is 29.4 Å². The van der Waals surface area contributed by atoms with Crippen LogP contribution in [0.5, 0.6) is 5.75 Å². The Labute approximate surface area is 153 Å². The number of amides is 1. The fraction of sp³-hybridized carbons (Fsp3) is 0.368. The maximum Gasteiger partial charge on any atom is 0.431 e. The fourth-order valence-electron chi connectivity index (χ4n) is 3.17. The zero-order valence-corrected chi connectivity index (χ0v) is 14.8. The Balaban J connectivity index is 1.88. The minimum absolute atomic E-state index is 0.302. The molecule has 1 aliphatic heterocycles. The van der Waals surface area contributed by atoms with Crippen LogP contribution in [-0.2, 0) is 6.18 Å². The number of alkyl halides is 3. The molecule has 2 heterocycles. The van der Waals surface area contributed by atoms with Crippen LogP contribution in [-0.4, -0.2) is 17.0 Å². The summed E-state index contributed by atoms with van der Waals surface area (Å²) < 4.78 is 43.9. The van der Waals surface area contributed by atoms with Crippen molar-refractivity contribution < 1.29 is 22.7 Å². The van der Waals surface area contributed by atoms with Crippen LogP contribution < -0.4 is 15.6 Å². The van der Waals surface area contributed by atoms with Crippen molar-refractivity contribution in [1.29, 1.82) is 0 Å². The van der Waals surface area contributed by atoms with Gasteiger partial charge in [0, 0.05) is 5.56 Å².